The van der Waals surface area contributed by atoms with Crippen molar-refractivity contribution in [2.75, 3.05) is 0 Å². The van der Waals surface area contributed by atoms with Crippen molar-refractivity contribution >= 4 is 11.9 Å². The molecule has 0 bridgehead atoms. The molecule has 56 valence electrons. The number of aliphatic carboxylic acids is 2. The quantitative estimate of drug-likeness (QED) is 0.270. The van der Waals surface area contributed by atoms with Crippen LogP contribution in [-0.4, -0.2) is 11.9 Å². The Hall–Kier alpha value is 0.576. The zero-order valence-corrected chi connectivity index (χ0v) is 9.76. The standard InChI is InChI=1S/2C2H4O2.CH3.K/c2*1-2(3)4;;/h2*1H3,(H,3,4);1H3;/q;;-1;+1/p-2. The average Bonchev–Trinajstić information content (AvgIpc) is 1.25. The number of carbonyl (C=O) groups is 2. The molecule has 0 amide bonds. The first-order valence-electron chi connectivity index (χ1n) is 1.82. The van der Waals surface area contributed by atoms with E-state index in [1.807, 2.05) is 0 Å². The van der Waals surface area contributed by atoms with E-state index >= 15 is 0 Å². The van der Waals surface area contributed by atoms with Gasteiger partial charge in [0, 0.05) is 11.9 Å². The van der Waals surface area contributed by atoms with Crippen molar-refractivity contribution in [3.63, 3.8) is 0 Å². The van der Waals surface area contributed by atoms with E-state index in [4.69, 9.17) is 19.8 Å². The fourth-order valence-electron chi connectivity index (χ4n) is 0. The Balaban J connectivity index is -0.0000000300. The Morgan fingerprint density at radius 1 is 1.00 bits per heavy atom. The molecule has 0 radical (unpaired) electrons. The first-order chi connectivity index (χ1) is 3.46. The summed E-state index contributed by atoms with van der Waals surface area (Å²) >= 11 is 0. The molecule has 4 nitrogen and oxygen atoms in total. The second kappa shape index (κ2) is 16.3. The minimum atomic E-state index is -1.08. The Bertz CT molecular complexity index is 71.6. The molecule has 10 heavy (non-hydrogen) atoms. The molecule has 0 aromatic rings. The van der Waals surface area contributed by atoms with Crippen LogP contribution in [0.1, 0.15) is 13.8 Å². The zero-order chi connectivity index (χ0) is 7.15. The molecule has 0 heterocycles. The molecule has 0 rings (SSSR count). The monoisotopic (exact) mass is 172 g/mol. The van der Waals surface area contributed by atoms with Gasteiger partial charge in [0.1, 0.15) is 0 Å². The molecule has 0 saturated carbocycles. The summed E-state index contributed by atoms with van der Waals surface area (Å²) in [4.78, 5) is 17.8. The molecule has 0 saturated heterocycles. The topological polar surface area (TPSA) is 80.3 Å². The van der Waals surface area contributed by atoms with Gasteiger partial charge in [-0.05, 0) is 13.8 Å². The summed E-state index contributed by atoms with van der Waals surface area (Å²) in [6, 6.07) is 0. The second-order valence-electron chi connectivity index (χ2n) is 0.983. The van der Waals surface area contributed by atoms with E-state index in [0.717, 1.165) is 13.8 Å². The van der Waals surface area contributed by atoms with Crippen molar-refractivity contribution in [1.29, 1.82) is 0 Å². The van der Waals surface area contributed by atoms with Crippen molar-refractivity contribution in [1.82, 2.24) is 0 Å². The summed E-state index contributed by atoms with van der Waals surface area (Å²) in [6.45, 7) is 1.94. The van der Waals surface area contributed by atoms with Gasteiger partial charge in [-0.2, -0.15) is 0 Å². The Morgan fingerprint density at radius 2 is 1.00 bits per heavy atom. The third-order valence-electron chi connectivity index (χ3n) is 0. The van der Waals surface area contributed by atoms with Crippen LogP contribution >= 0.6 is 0 Å². The van der Waals surface area contributed by atoms with Crippen LogP contribution in [0.3, 0.4) is 0 Å². The number of hydrogen-bond donors (Lipinski definition) is 0. The molecule has 0 aliphatic rings. The molecule has 0 fully saturated rings. The maximum absolute atomic E-state index is 8.89. The van der Waals surface area contributed by atoms with Gasteiger partial charge in [-0.25, -0.2) is 0 Å². The van der Waals surface area contributed by atoms with Crippen molar-refractivity contribution in [2.45, 2.75) is 13.8 Å². The molecule has 0 N–H and O–H groups in total. The third kappa shape index (κ3) is 1480. The summed E-state index contributed by atoms with van der Waals surface area (Å²) in [5.74, 6) is -2.17. The van der Waals surface area contributed by atoms with E-state index in [9.17, 15) is 0 Å². The molecule has 0 aromatic heterocycles. The Kier molecular flexibility index (Phi) is 36.5. The molecule has 0 unspecified atom stereocenters. The van der Waals surface area contributed by atoms with Gasteiger partial charge < -0.3 is 27.2 Å². The van der Waals surface area contributed by atoms with Gasteiger partial charge in [-0.3, -0.25) is 0 Å². The van der Waals surface area contributed by atoms with Crippen LogP contribution < -0.4 is 61.6 Å². The minimum Gasteiger partial charge on any atom is -0.550 e. The number of carboxylic acid groups (broad SMARTS) is 2. The van der Waals surface area contributed by atoms with Crippen LogP contribution in [0.2, 0.25) is 0 Å². The number of rotatable bonds is 0. The molecule has 0 aromatic carbocycles. The predicted molar refractivity (Wildman–Crippen MR) is 27.8 cm³/mol. The van der Waals surface area contributed by atoms with E-state index in [0.29, 0.717) is 0 Å². The molecular formula is C5H9KO4-2. The van der Waals surface area contributed by atoms with Crippen LogP contribution in [0.5, 0.6) is 0 Å². The van der Waals surface area contributed by atoms with Crippen molar-refractivity contribution in [3.05, 3.63) is 7.43 Å². The first-order valence-corrected chi connectivity index (χ1v) is 1.82. The van der Waals surface area contributed by atoms with Crippen LogP contribution in [0, 0.1) is 7.43 Å². The fraction of sp³-hybridized carbons (Fsp3) is 0.400. The Morgan fingerprint density at radius 3 is 1.00 bits per heavy atom. The smallest absolute Gasteiger partial charge is 0.550 e. The Labute approximate surface area is 103 Å². The van der Waals surface area contributed by atoms with Gasteiger partial charge in [-0.15, -0.1) is 0 Å². The maximum atomic E-state index is 8.89. The summed E-state index contributed by atoms with van der Waals surface area (Å²) < 4.78 is 0. The normalized spacial score (nSPS) is 5.00. The first kappa shape index (κ1) is 22.4. The zero-order valence-electron chi connectivity index (χ0n) is 6.63. The van der Waals surface area contributed by atoms with Gasteiger partial charge in [0.15, 0.2) is 0 Å². The van der Waals surface area contributed by atoms with Gasteiger partial charge >= 0.3 is 51.4 Å². The molecule has 0 spiro atoms. The number of hydrogen-bond acceptors (Lipinski definition) is 4. The average molecular weight is 172 g/mol. The molecule has 0 atom stereocenters. The fourth-order valence-corrected chi connectivity index (χ4v) is 0. The molecule has 0 aliphatic heterocycles. The van der Waals surface area contributed by atoms with Crippen LogP contribution in [0.25, 0.3) is 0 Å². The summed E-state index contributed by atoms with van der Waals surface area (Å²) in [7, 11) is 0. The summed E-state index contributed by atoms with van der Waals surface area (Å²) in [5.41, 5.74) is 0. The van der Waals surface area contributed by atoms with Gasteiger partial charge in [-0.1, -0.05) is 0 Å². The van der Waals surface area contributed by atoms with Crippen molar-refractivity contribution in [2.24, 2.45) is 0 Å². The van der Waals surface area contributed by atoms with Gasteiger partial charge in [0.05, 0.1) is 0 Å². The van der Waals surface area contributed by atoms with E-state index in [-0.39, 0.29) is 58.8 Å². The molecule has 0 aliphatic carbocycles. The molecule has 5 heteroatoms. The van der Waals surface area contributed by atoms with Crippen LogP contribution in [0.4, 0.5) is 0 Å². The SMILES string of the molecule is CC(=O)[O-].CC(=O)[O-].[CH3-].[K+]. The number of carbonyl (C=O) groups excluding carboxylic acids is 2. The second-order valence-corrected chi connectivity index (χ2v) is 0.983. The summed E-state index contributed by atoms with van der Waals surface area (Å²) in [5, 5.41) is 17.8. The van der Waals surface area contributed by atoms with Crippen LogP contribution in [-0.2, 0) is 9.59 Å². The van der Waals surface area contributed by atoms with E-state index in [2.05, 4.69) is 0 Å². The van der Waals surface area contributed by atoms with E-state index in [1.54, 1.807) is 0 Å². The van der Waals surface area contributed by atoms with E-state index in [1.165, 1.54) is 0 Å². The predicted octanol–water partition coefficient (Wildman–Crippen LogP) is -5.03. The molecular weight excluding hydrogens is 163 g/mol. The maximum Gasteiger partial charge on any atom is 1.00 e. The van der Waals surface area contributed by atoms with Gasteiger partial charge in [0.25, 0.3) is 0 Å². The minimum absolute atomic E-state index is 0. The number of carboxylic acids is 2. The van der Waals surface area contributed by atoms with Crippen LogP contribution in [0.15, 0.2) is 0 Å². The van der Waals surface area contributed by atoms with Gasteiger partial charge in [0.2, 0.25) is 0 Å². The van der Waals surface area contributed by atoms with Crippen molar-refractivity contribution in [3.8, 4) is 0 Å². The summed E-state index contributed by atoms with van der Waals surface area (Å²) in [6.07, 6.45) is 0. The van der Waals surface area contributed by atoms with E-state index < -0.39 is 11.9 Å². The van der Waals surface area contributed by atoms with Crippen molar-refractivity contribution < 1.29 is 71.2 Å². The largest absolute Gasteiger partial charge is 1.00 e. The third-order valence-corrected chi connectivity index (χ3v) is 0.